The number of hydrogen-bond acceptors (Lipinski definition) is 4. The van der Waals surface area contributed by atoms with Crippen LogP contribution in [0.3, 0.4) is 0 Å². The molecule has 170 valence electrons. The maximum atomic E-state index is 12.4. The average molecular weight is 427 g/mol. The molecule has 6 nitrogen and oxygen atoms in total. The molecule has 1 saturated heterocycles. The van der Waals surface area contributed by atoms with Crippen LogP contribution in [0.25, 0.3) is 5.52 Å². The second-order valence-corrected chi connectivity index (χ2v) is 10.4. The number of hydrogen-bond donors (Lipinski definition) is 0. The standard InChI is InChI=1S/C25H38N4O2/c1-19-7-5-6-8-20(10-9-19)21-17-23-22(11-12-26-29(23)18-21)27-13-15-28(16-14-27)24(30)31-25(2,3)4/h11-12,17-20H,5-10,13-16H2,1-4H3. The Hall–Kier alpha value is -2.24. The number of rotatable bonds is 2. The lowest BCUT2D eigenvalue weighted by atomic mass is 9.83. The maximum absolute atomic E-state index is 12.4. The minimum Gasteiger partial charge on any atom is -0.444 e. The Morgan fingerprint density at radius 3 is 2.55 bits per heavy atom. The zero-order chi connectivity index (χ0) is 22.0. The molecule has 0 aromatic carbocycles. The van der Waals surface area contributed by atoms with E-state index < -0.39 is 5.60 Å². The number of amides is 1. The lowest BCUT2D eigenvalue weighted by Crippen LogP contribution is -2.50. The van der Waals surface area contributed by atoms with Crippen molar-refractivity contribution < 1.29 is 9.53 Å². The Kier molecular flexibility index (Phi) is 6.44. The van der Waals surface area contributed by atoms with Crippen molar-refractivity contribution in [2.24, 2.45) is 5.92 Å². The van der Waals surface area contributed by atoms with Crippen LogP contribution >= 0.6 is 0 Å². The Bertz CT molecular complexity index is 893. The lowest BCUT2D eigenvalue weighted by Gasteiger charge is -2.36. The van der Waals surface area contributed by atoms with Gasteiger partial charge in [0.2, 0.25) is 0 Å². The first-order valence-electron chi connectivity index (χ1n) is 12.0. The third-order valence-electron chi connectivity index (χ3n) is 6.76. The van der Waals surface area contributed by atoms with Crippen LogP contribution in [0.2, 0.25) is 0 Å². The summed E-state index contributed by atoms with van der Waals surface area (Å²) in [5.74, 6) is 1.48. The fraction of sp³-hybridized carbons (Fsp3) is 0.680. The van der Waals surface area contributed by atoms with Crippen LogP contribution in [-0.4, -0.2) is 52.4 Å². The van der Waals surface area contributed by atoms with Gasteiger partial charge in [0, 0.05) is 38.6 Å². The van der Waals surface area contributed by atoms with E-state index in [1.165, 1.54) is 55.3 Å². The summed E-state index contributed by atoms with van der Waals surface area (Å²) in [5.41, 5.74) is 3.37. The molecule has 1 aliphatic carbocycles. The smallest absolute Gasteiger partial charge is 0.410 e. The Labute approximate surface area is 186 Å². The third-order valence-corrected chi connectivity index (χ3v) is 6.76. The SMILES string of the molecule is CC1CCCCC(c2cc3c(N4CCN(C(=O)OC(C)(C)C)CC4)ccnn3c2)CC1. The topological polar surface area (TPSA) is 50.1 Å². The van der Waals surface area contributed by atoms with E-state index in [0.717, 1.165) is 19.0 Å². The van der Waals surface area contributed by atoms with E-state index in [-0.39, 0.29) is 6.09 Å². The molecule has 3 heterocycles. The second-order valence-electron chi connectivity index (χ2n) is 10.4. The fourth-order valence-corrected chi connectivity index (χ4v) is 4.96. The van der Waals surface area contributed by atoms with Crippen molar-refractivity contribution in [1.29, 1.82) is 0 Å². The first-order valence-corrected chi connectivity index (χ1v) is 12.0. The van der Waals surface area contributed by atoms with E-state index in [4.69, 9.17) is 4.74 Å². The largest absolute Gasteiger partial charge is 0.444 e. The molecule has 31 heavy (non-hydrogen) atoms. The molecule has 1 saturated carbocycles. The van der Waals surface area contributed by atoms with Gasteiger partial charge in [-0.05, 0) is 63.1 Å². The summed E-state index contributed by atoms with van der Waals surface area (Å²) in [7, 11) is 0. The summed E-state index contributed by atoms with van der Waals surface area (Å²) >= 11 is 0. The molecule has 2 aromatic heterocycles. The van der Waals surface area contributed by atoms with E-state index in [0.29, 0.717) is 19.0 Å². The van der Waals surface area contributed by atoms with Crippen LogP contribution in [0.5, 0.6) is 0 Å². The van der Waals surface area contributed by atoms with Gasteiger partial charge in [0.25, 0.3) is 0 Å². The molecule has 2 aromatic rings. The first kappa shape index (κ1) is 22.0. The zero-order valence-electron chi connectivity index (χ0n) is 19.6. The van der Waals surface area contributed by atoms with E-state index in [1.807, 2.05) is 36.4 Å². The highest BCUT2D eigenvalue weighted by atomic mass is 16.6. The summed E-state index contributed by atoms with van der Waals surface area (Å²) < 4.78 is 7.59. The molecule has 0 radical (unpaired) electrons. The number of fused-ring (bicyclic) bond motifs is 1. The number of anilines is 1. The van der Waals surface area contributed by atoms with Gasteiger partial charge in [-0.1, -0.05) is 32.6 Å². The van der Waals surface area contributed by atoms with Gasteiger partial charge in [-0.15, -0.1) is 0 Å². The minimum absolute atomic E-state index is 0.212. The van der Waals surface area contributed by atoms with Crippen molar-refractivity contribution in [3.8, 4) is 0 Å². The average Bonchev–Trinajstić information content (AvgIpc) is 3.14. The van der Waals surface area contributed by atoms with Crippen LogP contribution in [0.4, 0.5) is 10.5 Å². The number of ether oxygens (including phenoxy) is 1. The minimum atomic E-state index is -0.456. The highest BCUT2D eigenvalue weighted by molar-refractivity contribution is 5.74. The van der Waals surface area contributed by atoms with Gasteiger partial charge < -0.3 is 14.5 Å². The Morgan fingerprint density at radius 1 is 1.06 bits per heavy atom. The number of piperazine rings is 1. The molecule has 0 bridgehead atoms. The molecule has 2 aliphatic rings. The summed E-state index contributed by atoms with van der Waals surface area (Å²) in [4.78, 5) is 16.6. The van der Waals surface area contributed by atoms with Gasteiger partial charge in [0.1, 0.15) is 5.60 Å². The molecule has 6 heteroatoms. The summed E-state index contributed by atoms with van der Waals surface area (Å²) in [6.07, 6.45) is 11.9. The van der Waals surface area contributed by atoms with Crippen molar-refractivity contribution >= 4 is 17.3 Å². The zero-order valence-corrected chi connectivity index (χ0v) is 19.6. The molecule has 0 spiro atoms. The number of carbonyl (C=O) groups excluding carboxylic acids is 1. The summed E-state index contributed by atoms with van der Waals surface area (Å²) in [6.45, 7) is 11.1. The maximum Gasteiger partial charge on any atom is 0.410 e. The lowest BCUT2D eigenvalue weighted by molar-refractivity contribution is 0.0240. The molecule has 1 aliphatic heterocycles. The van der Waals surface area contributed by atoms with Crippen molar-refractivity contribution in [3.63, 3.8) is 0 Å². The normalized spacial score (nSPS) is 23.5. The van der Waals surface area contributed by atoms with Crippen molar-refractivity contribution in [3.05, 3.63) is 30.1 Å². The second kappa shape index (κ2) is 9.09. The van der Waals surface area contributed by atoms with Crippen LogP contribution in [0, 0.1) is 5.92 Å². The monoisotopic (exact) mass is 426 g/mol. The summed E-state index contributed by atoms with van der Waals surface area (Å²) in [5, 5.41) is 4.60. The summed E-state index contributed by atoms with van der Waals surface area (Å²) in [6, 6.07) is 4.47. The van der Waals surface area contributed by atoms with Crippen molar-refractivity contribution in [1.82, 2.24) is 14.5 Å². The Morgan fingerprint density at radius 2 is 1.81 bits per heavy atom. The molecular formula is C25H38N4O2. The fourth-order valence-electron chi connectivity index (χ4n) is 4.96. The molecule has 2 fully saturated rings. The van der Waals surface area contributed by atoms with Gasteiger partial charge in [-0.25, -0.2) is 9.31 Å². The van der Waals surface area contributed by atoms with Crippen LogP contribution in [-0.2, 0) is 4.74 Å². The van der Waals surface area contributed by atoms with Gasteiger partial charge in [0.05, 0.1) is 11.2 Å². The quantitative estimate of drug-likeness (QED) is 0.639. The predicted octanol–water partition coefficient (Wildman–Crippen LogP) is 5.47. The Balaban J connectivity index is 1.47. The van der Waals surface area contributed by atoms with Gasteiger partial charge in [-0.2, -0.15) is 5.10 Å². The van der Waals surface area contributed by atoms with Crippen LogP contribution in [0.15, 0.2) is 24.5 Å². The predicted molar refractivity (Wildman–Crippen MR) is 125 cm³/mol. The van der Waals surface area contributed by atoms with E-state index >= 15 is 0 Å². The number of nitrogens with zero attached hydrogens (tertiary/aromatic N) is 4. The molecular weight excluding hydrogens is 388 g/mol. The molecule has 4 rings (SSSR count). The van der Waals surface area contributed by atoms with Crippen molar-refractivity contribution in [2.75, 3.05) is 31.1 Å². The molecule has 2 atom stereocenters. The first-order chi connectivity index (χ1) is 14.8. The van der Waals surface area contributed by atoms with Crippen molar-refractivity contribution in [2.45, 2.75) is 77.7 Å². The number of aromatic nitrogens is 2. The van der Waals surface area contributed by atoms with Crippen LogP contribution < -0.4 is 4.90 Å². The van der Waals surface area contributed by atoms with E-state index in [2.05, 4.69) is 35.3 Å². The molecule has 0 N–H and O–H groups in total. The molecule has 2 unspecified atom stereocenters. The van der Waals surface area contributed by atoms with Gasteiger partial charge in [0.15, 0.2) is 0 Å². The third kappa shape index (κ3) is 5.34. The molecule has 1 amide bonds. The van der Waals surface area contributed by atoms with Gasteiger partial charge >= 0.3 is 6.09 Å². The van der Waals surface area contributed by atoms with E-state index in [1.54, 1.807) is 0 Å². The van der Waals surface area contributed by atoms with Gasteiger partial charge in [-0.3, -0.25) is 0 Å². The highest BCUT2D eigenvalue weighted by Crippen LogP contribution is 2.35. The van der Waals surface area contributed by atoms with E-state index in [9.17, 15) is 4.79 Å². The highest BCUT2D eigenvalue weighted by Gasteiger charge is 2.27. The number of carbonyl (C=O) groups is 1. The van der Waals surface area contributed by atoms with Crippen LogP contribution in [0.1, 0.15) is 77.7 Å².